The lowest BCUT2D eigenvalue weighted by Crippen LogP contribution is -2.27. The molecule has 1 fully saturated rings. The molecular formula is C25H20ClNO6S. The molecule has 4 rings (SSSR count). The van der Waals surface area contributed by atoms with E-state index in [9.17, 15) is 14.4 Å². The van der Waals surface area contributed by atoms with Gasteiger partial charge in [-0.15, -0.1) is 0 Å². The number of ether oxygens (including phenoxy) is 2. The molecule has 2 amide bonds. The van der Waals surface area contributed by atoms with Crippen molar-refractivity contribution < 1.29 is 29.0 Å². The van der Waals surface area contributed by atoms with Crippen LogP contribution >= 0.6 is 23.4 Å². The van der Waals surface area contributed by atoms with Gasteiger partial charge in [-0.3, -0.25) is 14.5 Å². The number of aliphatic carboxylic acids is 1. The Kier molecular flexibility index (Phi) is 7.09. The molecule has 1 N–H and O–H groups in total. The Bertz CT molecular complexity index is 1320. The van der Waals surface area contributed by atoms with Gasteiger partial charge in [0.15, 0.2) is 18.1 Å². The lowest BCUT2D eigenvalue weighted by molar-refractivity contribution is -0.139. The second kappa shape index (κ2) is 10.2. The second-order valence-electron chi connectivity index (χ2n) is 7.35. The van der Waals surface area contributed by atoms with Gasteiger partial charge in [0.25, 0.3) is 11.1 Å². The number of nitrogens with zero attached hydrogens (tertiary/aromatic N) is 1. The molecule has 9 heteroatoms. The first-order valence-electron chi connectivity index (χ1n) is 10.4. The summed E-state index contributed by atoms with van der Waals surface area (Å²) in [5.74, 6) is -1.20. The van der Waals surface area contributed by atoms with Crippen molar-refractivity contribution in [2.75, 3.05) is 13.2 Å². The van der Waals surface area contributed by atoms with Crippen LogP contribution < -0.4 is 9.47 Å². The van der Waals surface area contributed by atoms with E-state index in [2.05, 4.69) is 0 Å². The quantitative estimate of drug-likeness (QED) is 0.405. The first-order valence-corrected chi connectivity index (χ1v) is 11.6. The zero-order chi connectivity index (χ0) is 24.2. The van der Waals surface area contributed by atoms with E-state index < -0.39 is 18.5 Å². The van der Waals surface area contributed by atoms with Gasteiger partial charge in [0, 0.05) is 0 Å². The lowest BCUT2D eigenvalue weighted by atomic mass is 10.0. The van der Waals surface area contributed by atoms with Crippen molar-refractivity contribution in [3.63, 3.8) is 0 Å². The topological polar surface area (TPSA) is 93.1 Å². The number of thioether (sulfide) groups is 1. The summed E-state index contributed by atoms with van der Waals surface area (Å²) in [6.45, 7) is 1.65. The van der Waals surface area contributed by atoms with E-state index >= 15 is 0 Å². The van der Waals surface area contributed by atoms with E-state index in [-0.39, 0.29) is 33.2 Å². The van der Waals surface area contributed by atoms with E-state index in [1.54, 1.807) is 19.1 Å². The fourth-order valence-corrected chi connectivity index (χ4v) is 4.71. The number of rotatable bonds is 8. The highest BCUT2D eigenvalue weighted by Crippen LogP contribution is 2.39. The minimum atomic E-state index is -1.15. The summed E-state index contributed by atoms with van der Waals surface area (Å²) in [4.78, 5) is 38.1. The summed E-state index contributed by atoms with van der Waals surface area (Å²) in [5, 5.41) is 10.7. The number of fused-ring (bicyclic) bond motifs is 1. The summed E-state index contributed by atoms with van der Waals surface area (Å²) >= 11 is 7.15. The third kappa shape index (κ3) is 5.03. The second-order valence-corrected chi connectivity index (χ2v) is 8.75. The maximum absolute atomic E-state index is 13.1. The normalized spacial score (nSPS) is 14.8. The molecule has 174 valence electrons. The van der Waals surface area contributed by atoms with Crippen LogP contribution in [0.5, 0.6) is 11.5 Å². The molecule has 0 atom stereocenters. The monoisotopic (exact) mass is 497 g/mol. The highest BCUT2D eigenvalue weighted by Gasteiger charge is 2.35. The number of hydrogen-bond donors (Lipinski definition) is 1. The van der Waals surface area contributed by atoms with Crippen molar-refractivity contribution in [3.8, 4) is 11.5 Å². The number of carbonyl (C=O) groups is 3. The number of carbonyl (C=O) groups excluding carboxylic acids is 2. The summed E-state index contributed by atoms with van der Waals surface area (Å²) < 4.78 is 10.8. The average Bonchev–Trinajstić information content (AvgIpc) is 3.06. The SMILES string of the molecule is CCOc1cc(/C=C2/SC(=O)N(Cc3cccc4ccccc34)C2=O)cc(Cl)c1OCC(=O)O. The van der Waals surface area contributed by atoms with Gasteiger partial charge in [-0.05, 0) is 58.8 Å². The predicted octanol–water partition coefficient (Wildman–Crippen LogP) is 5.59. The Labute approximate surface area is 204 Å². The van der Waals surface area contributed by atoms with E-state index in [1.807, 2.05) is 42.5 Å². The van der Waals surface area contributed by atoms with Gasteiger partial charge >= 0.3 is 5.97 Å². The molecule has 1 saturated heterocycles. The van der Waals surface area contributed by atoms with Crippen LogP contribution in [-0.4, -0.2) is 40.3 Å². The molecule has 0 bridgehead atoms. The Morgan fingerprint density at radius 1 is 1.12 bits per heavy atom. The third-order valence-corrected chi connectivity index (χ3v) is 6.24. The first kappa shape index (κ1) is 23.7. The Hall–Kier alpha value is -3.49. The maximum Gasteiger partial charge on any atom is 0.341 e. The Balaban J connectivity index is 1.61. The van der Waals surface area contributed by atoms with Gasteiger partial charge in [-0.1, -0.05) is 54.1 Å². The Morgan fingerprint density at radius 2 is 1.88 bits per heavy atom. The average molecular weight is 498 g/mol. The maximum atomic E-state index is 13.1. The van der Waals surface area contributed by atoms with Crippen LogP contribution in [0.15, 0.2) is 59.5 Å². The molecule has 0 unspecified atom stereocenters. The predicted molar refractivity (Wildman–Crippen MR) is 131 cm³/mol. The van der Waals surface area contributed by atoms with Crippen LogP contribution in [0.2, 0.25) is 5.02 Å². The van der Waals surface area contributed by atoms with Gasteiger partial charge in [0.1, 0.15) is 0 Å². The summed E-state index contributed by atoms with van der Waals surface area (Å²) in [6.07, 6.45) is 1.56. The molecule has 0 aliphatic carbocycles. The Morgan fingerprint density at radius 3 is 2.65 bits per heavy atom. The highest BCUT2D eigenvalue weighted by atomic mass is 35.5. The van der Waals surface area contributed by atoms with E-state index in [0.29, 0.717) is 12.2 Å². The molecule has 34 heavy (non-hydrogen) atoms. The molecule has 0 aromatic heterocycles. The summed E-state index contributed by atoms with van der Waals surface area (Å²) in [5.41, 5.74) is 1.40. The van der Waals surface area contributed by atoms with Crippen molar-refractivity contribution in [1.29, 1.82) is 0 Å². The van der Waals surface area contributed by atoms with Crippen molar-refractivity contribution >= 4 is 57.3 Å². The van der Waals surface area contributed by atoms with Crippen LogP contribution in [0.4, 0.5) is 4.79 Å². The zero-order valence-electron chi connectivity index (χ0n) is 18.1. The van der Waals surface area contributed by atoms with Crippen LogP contribution in [0.1, 0.15) is 18.1 Å². The molecule has 0 radical (unpaired) electrons. The van der Waals surface area contributed by atoms with Gasteiger partial charge in [0.05, 0.1) is 23.1 Å². The smallest absolute Gasteiger partial charge is 0.341 e. The zero-order valence-corrected chi connectivity index (χ0v) is 19.7. The number of imide groups is 1. The van der Waals surface area contributed by atoms with Crippen LogP contribution in [-0.2, 0) is 16.1 Å². The highest BCUT2D eigenvalue weighted by molar-refractivity contribution is 8.18. The molecule has 1 aliphatic heterocycles. The lowest BCUT2D eigenvalue weighted by Gasteiger charge is -2.14. The molecule has 1 heterocycles. The largest absolute Gasteiger partial charge is 0.490 e. The van der Waals surface area contributed by atoms with Crippen molar-refractivity contribution in [1.82, 2.24) is 4.90 Å². The molecular weight excluding hydrogens is 478 g/mol. The number of amides is 2. The fourth-order valence-electron chi connectivity index (χ4n) is 3.60. The van der Waals surface area contributed by atoms with E-state index in [0.717, 1.165) is 28.1 Å². The van der Waals surface area contributed by atoms with Gasteiger partial charge in [-0.2, -0.15) is 0 Å². The van der Waals surface area contributed by atoms with E-state index in [4.69, 9.17) is 26.2 Å². The van der Waals surface area contributed by atoms with Crippen LogP contribution in [0.3, 0.4) is 0 Å². The number of hydrogen-bond acceptors (Lipinski definition) is 6. The molecule has 0 spiro atoms. The van der Waals surface area contributed by atoms with Crippen LogP contribution in [0.25, 0.3) is 16.8 Å². The molecule has 0 saturated carbocycles. The number of carboxylic acid groups (broad SMARTS) is 1. The minimum Gasteiger partial charge on any atom is -0.490 e. The van der Waals surface area contributed by atoms with Gasteiger partial charge < -0.3 is 14.6 Å². The molecule has 3 aromatic rings. The minimum absolute atomic E-state index is 0.104. The van der Waals surface area contributed by atoms with Crippen molar-refractivity contribution in [2.45, 2.75) is 13.5 Å². The van der Waals surface area contributed by atoms with Crippen molar-refractivity contribution in [2.24, 2.45) is 0 Å². The molecule has 7 nitrogen and oxygen atoms in total. The number of carboxylic acids is 1. The van der Waals surface area contributed by atoms with E-state index in [1.165, 1.54) is 11.0 Å². The fraction of sp³-hybridized carbons (Fsp3) is 0.160. The van der Waals surface area contributed by atoms with Gasteiger partial charge in [0.2, 0.25) is 0 Å². The molecule has 1 aliphatic rings. The number of halogens is 1. The third-order valence-electron chi connectivity index (χ3n) is 5.05. The van der Waals surface area contributed by atoms with Crippen molar-refractivity contribution in [3.05, 3.63) is 75.7 Å². The summed E-state index contributed by atoms with van der Waals surface area (Å²) in [7, 11) is 0. The summed E-state index contributed by atoms with van der Waals surface area (Å²) in [6, 6.07) is 16.7. The number of benzene rings is 3. The van der Waals surface area contributed by atoms with Crippen LogP contribution in [0, 0.1) is 0 Å². The first-order chi connectivity index (χ1) is 16.4. The molecule has 3 aromatic carbocycles. The van der Waals surface area contributed by atoms with Gasteiger partial charge in [-0.25, -0.2) is 4.79 Å². The standard InChI is InChI=1S/C25H20ClNO6S/c1-2-32-20-11-15(10-19(26)23(20)33-14-22(28)29)12-21-24(30)27(25(31)34-21)13-17-8-5-7-16-6-3-4-9-18(16)17/h3-12H,2,13-14H2,1H3,(H,28,29)/b21-12+.